The lowest BCUT2D eigenvalue weighted by atomic mass is 9.74. The molecular weight excluding hydrogens is 660 g/mol. The van der Waals surface area contributed by atoms with E-state index in [1.54, 1.807) is 17.9 Å². The molecule has 12 nitrogen and oxygen atoms in total. The first-order valence-electron chi connectivity index (χ1n) is 16.0. The molecule has 1 aromatic rings. The van der Waals surface area contributed by atoms with E-state index < -0.39 is 60.2 Å². The number of nitrogens with zero attached hydrogens (tertiary/aromatic N) is 3. The van der Waals surface area contributed by atoms with Gasteiger partial charge in [-0.1, -0.05) is 58.4 Å². The predicted octanol–water partition coefficient (Wildman–Crippen LogP) is 1.15. The molecular formula is C33H41BrN4O8. The van der Waals surface area contributed by atoms with Crippen LogP contribution in [0.3, 0.4) is 0 Å². The van der Waals surface area contributed by atoms with Crippen LogP contribution in [0.25, 0.3) is 0 Å². The summed E-state index contributed by atoms with van der Waals surface area (Å²) in [6.45, 7) is 5.31. The van der Waals surface area contributed by atoms with Gasteiger partial charge >= 0.3 is 5.97 Å². The van der Waals surface area contributed by atoms with Gasteiger partial charge in [0.1, 0.15) is 29.8 Å². The van der Waals surface area contributed by atoms with E-state index >= 15 is 0 Å². The molecule has 0 saturated carbocycles. The molecule has 5 heterocycles. The van der Waals surface area contributed by atoms with Gasteiger partial charge in [0.15, 0.2) is 0 Å². The van der Waals surface area contributed by atoms with Crippen LogP contribution in [0.4, 0.5) is 0 Å². The highest BCUT2D eigenvalue weighted by Gasteiger charge is 2.75. The molecule has 3 saturated heterocycles. The summed E-state index contributed by atoms with van der Waals surface area (Å²) < 4.78 is 18.4. The zero-order valence-corrected chi connectivity index (χ0v) is 27.5. The molecule has 248 valence electrons. The lowest BCUT2D eigenvalue weighted by Gasteiger charge is -2.39. The minimum atomic E-state index is -1.46. The lowest BCUT2D eigenvalue weighted by Crippen LogP contribution is -2.57. The molecule has 0 aromatic heterocycles. The highest BCUT2D eigenvalue weighted by atomic mass is 79.9. The maximum absolute atomic E-state index is 15.0. The normalized spacial score (nSPS) is 33.8. The fraction of sp³-hybridized carbons (Fsp3) is 0.576. The Balaban J connectivity index is 1.43. The van der Waals surface area contributed by atoms with Crippen LogP contribution in [0, 0.1) is 11.8 Å². The van der Waals surface area contributed by atoms with Gasteiger partial charge in [0, 0.05) is 43.6 Å². The van der Waals surface area contributed by atoms with Crippen molar-refractivity contribution in [3.05, 3.63) is 58.6 Å². The molecule has 7 atom stereocenters. The lowest BCUT2D eigenvalue weighted by molar-refractivity contribution is -0.159. The number of hydrogen-bond acceptors (Lipinski definition) is 9. The molecule has 3 amide bonds. The number of aliphatic hydroxyl groups excluding tert-OH is 1. The van der Waals surface area contributed by atoms with Crippen molar-refractivity contribution < 1.29 is 38.5 Å². The van der Waals surface area contributed by atoms with Gasteiger partial charge in [0.2, 0.25) is 17.7 Å². The number of carbonyl (C=O) groups is 4. The number of benzene rings is 1. The van der Waals surface area contributed by atoms with Gasteiger partial charge in [-0.3, -0.25) is 24.1 Å². The number of morpholine rings is 1. The number of carbonyl (C=O) groups excluding carboxylic acids is 4. The smallest absolute Gasteiger partial charge is 0.313 e. The Hall–Kier alpha value is -3.10. The van der Waals surface area contributed by atoms with E-state index in [-0.39, 0.29) is 31.3 Å². The van der Waals surface area contributed by atoms with Gasteiger partial charge in [0.25, 0.3) is 0 Å². The molecule has 5 aliphatic rings. The highest BCUT2D eigenvalue weighted by molar-refractivity contribution is 9.11. The molecule has 5 aliphatic heterocycles. The number of fused-ring (bicyclic) bond motifs is 2. The fourth-order valence-corrected chi connectivity index (χ4v) is 8.06. The summed E-state index contributed by atoms with van der Waals surface area (Å²) in [5.41, 5.74) is -0.800. The molecule has 0 aliphatic carbocycles. The molecule has 2 N–H and O–H groups in total. The Labute approximate surface area is 276 Å². The Morgan fingerprint density at radius 1 is 1.07 bits per heavy atom. The minimum Gasteiger partial charge on any atom is -0.460 e. The van der Waals surface area contributed by atoms with E-state index in [4.69, 9.17) is 14.2 Å². The van der Waals surface area contributed by atoms with E-state index in [2.05, 4.69) is 26.1 Å². The third-order valence-corrected chi connectivity index (χ3v) is 10.3. The molecule has 3 fully saturated rings. The van der Waals surface area contributed by atoms with Crippen LogP contribution in [0.2, 0.25) is 0 Å². The van der Waals surface area contributed by atoms with Gasteiger partial charge < -0.3 is 34.4 Å². The van der Waals surface area contributed by atoms with Gasteiger partial charge in [0.05, 0.1) is 38.3 Å². The maximum atomic E-state index is 15.0. The number of aliphatic hydroxyl groups is 1. The number of nitrogens with one attached hydrogen (secondary N) is 1. The Morgan fingerprint density at radius 2 is 1.83 bits per heavy atom. The topological polar surface area (TPSA) is 138 Å². The third kappa shape index (κ3) is 6.15. The van der Waals surface area contributed by atoms with Crippen LogP contribution in [-0.2, 0) is 33.4 Å². The molecule has 1 aromatic carbocycles. The molecule has 13 heteroatoms. The van der Waals surface area contributed by atoms with Crippen molar-refractivity contribution in [3.63, 3.8) is 0 Å². The first-order valence-corrected chi connectivity index (χ1v) is 16.8. The number of halogens is 1. The molecule has 5 bridgehead atoms. The summed E-state index contributed by atoms with van der Waals surface area (Å²) in [5, 5.41) is 13.6. The monoisotopic (exact) mass is 700 g/mol. The van der Waals surface area contributed by atoms with Crippen molar-refractivity contribution in [2.75, 3.05) is 59.1 Å². The Kier molecular flexibility index (Phi) is 9.95. The Morgan fingerprint density at radius 3 is 2.57 bits per heavy atom. The average molecular weight is 702 g/mol. The number of allylic oxidation sites excluding steroid dienone is 1. The van der Waals surface area contributed by atoms with E-state index in [0.717, 1.165) is 13.1 Å². The van der Waals surface area contributed by atoms with E-state index in [9.17, 15) is 24.3 Å². The molecule has 0 unspecified atom stereocenters. The van der Waals surface area contributed by atoms with Crippen molar-refractivity contribution in [2.45, 2.75) is 49.7 Å². The number of amides is 3. The van der Waals surface area contributed by atoms with Crippen LogP contribution < -0.4 is 5.32 Å². The predicted molar refractivity (Wildman–Crippen MR) is 169 cm³/mol. The van der Waals surface area contributed by atoms with E-state index in [0.29, 0.717) is 42.8 Å². The number of ether oxygens (including phenoxy) is 3. The highest BCUT2D eigenvalue weighted by Crippen LogP contribution is 2.60. The number of rotatable bonds is 6. The third-order valence-electron chi connectivity index (χ3n) is 9.60. The molecule has 1 spiro atoms. The molecule has 46 heavy (non-hydrogen) atoms. The van der Waals surface area contributed by atoms with Gasteiger partial charge in [-0.15, -0.1) is 0 Å². The first-order chi connectivity index (χ1) is 22.2. The Bertz CT molecular complexity index is 1380. The second-order valence-electron chi connectivity index (χ2n) is 12.5. The van der Waals surface area contributed by atoms with E-state index in [1.165, 1.54) is 4.90 Å². The summed E-state index contributed by atoms with van der Waals surface area (Å²) in [4.78, 5) is 61.3. The van der Waals surface area contributed by atoms with Crippen molar-refractivity contribution in [3.8, 4) is 0 Å². The van der Waals surface area contributed by atoms with Crippen molar-refractivity contribution in [1.29, 1.82) is 0 Å². The first kappa shape index (κ1) is 32.8. The zero-order chi connectivity index (χ0) is 32.4. The number of cyclic esters (lactones) is 1. The zero-order valence-electron chi connectivity index (χ0n) is 25.9. The van der Waals surface area contributed by atoms with Crippen molar-refractivity contribution >= 4 is 39.6 Å². The van der Waals surface area contributed by atoms with Gasteiger partial charge in [-0.25, -0.2) is 0 Å². The SMILES string of the molecule is C[C@H]1CNC(=O)CC/C=C\CN(CCN2CCOCC2)C(=O)[C@H]2N([C@H](CO)c3ccccc3)C(=O)[C@@H]3[C@@H](C(=O)O1)[C@@H]1O[C@@]32C=C1Br. The van der Waals surface area contributed by atoms with Gasteiger partial charge in [-0.05, 0) is 25.0 Å². The second kappa shape index (κ2) is 13.9. The number of hydrogen-bond donors (Lipinski definition) is 2. The van der Waals surface area contributed by atoms with Crippen LogP contribution in [-0.4, -0.2) is 126 Å². The average Bonchev–Trinajstić information content (AvgIpc) is 3.65. The number of likely N-dealkylation sites (tertiary alicyclic amines) is 1. The largest absolute Gasteiger partial charge is 0.460 e. The molecule has 6 rings (SSSR count). The summed E-state index contributed by atoms with van der Waals surface area (Å²) in [7, 11) is 0. The standard InChI is InChI=1S/C33H41BrN4O8/c1-21-19-35-25(40)10-6-3-7-11-37(13-12-36-14-16-44-17-15-36)31(42)29-33-18-23(34)28(46-33)26(32(43)45-21)27(33)30(41)38(29)24(20-39)22-8-4-2-5-9-22/h2-5,7-9,18,21,24,26-29,39H,6,10-17,19-20H2,1H3,(H,35,40)/b7-3-/t21-,24+,26+,27-,28+,29+,33-/m0/s1. The van der Waals surface area contributed by atoms with Crippen molar-refractivity contribution in [2.24, 2.45) is 11.8 Å². The van der Waals surface area contributed by atoms with E-state index in [1.807, 2.05) is 42.5 Å². The summed E-state index contributed by atoms with van der Waals surface area (Å²) >= 11 is 3.57. The van der Waals surface area contributed by atoms with Crippen molar-refractivity contribution in [1.82, 2.24) is 20.0 Å². The van der Waals surface area contributed by atoms with Crippen LogP contribution in [0.5, 0.6) is 0 Å². The fourth-order valence-electron chi connectivity index (χ4n) is 7.32. The quantitative estimate of drug-likeness (QED) is 0.331. The summed E-state index contributed by atoms with van der Waals surface area (Å²) in [5.74, 6) is -3.69. The number of esters is 1. The van der Waals surface area contributed by atoms with Crippen LogP contribution in [0.1, 0.15) is 31.4 Å². The second-order valence-corrected chi connectivity index (χ2v) is 13.4. The van der Waals surface area contributed by atoms with Crippen LogP contribution in [0.15, 0.2) is 53.0 Å². The molecule has 0 radical (unpaired) electrons. The minimum absolute atomic E-state index is 0.121. The van der Waals surface area contributed by atoms with Crippen LogP contribution >= 0.6 is 15.9 Å². The summed E-state index contributed by atoms with van der Waals surface area (Å²) in [6, 6.07) is 7.08. The van der Waals surface area contributed by atoms with Gasteiger partial charge in [-0.2, -0.15) is 0 Å². The maximum Gasteiger partial charge on any atom is 0.313 e. The summed E-state index contributed by atoms with van der Waals surface area (Å²) in [6.07, 6.45) is 4.76.